The molecule has 0 radical (unpaired) electrons. The van der Waals surface area contributed by atoms with Crippen molar-refractivity contribution >= 4 is 22.8 Å². The van der Waals surface area contributed by atoms with Crippen molar-refractivity contribution in [2.75, 3.05) is 5.75 Å². The lowest BCUT2D eigenvalue weighted by atomic mass is 10.0. The molecule has 1 unspecified atom stereocenters. The summed E-state index contributed by atoms with van der Waals surface area (Å²) in [6.45, 7) is 0. The zero-order chi connectivity index (χ0) is 12.4. The van der Waals surface area contributed by atoms with Crippen LogP contribution >= 0.6 is 0 Å². The minimum Gasteiger partial charge on any atom is -0.550 e. The molecule has 7 heteroatoms. The number of hydrogen-bond acceptors (Lipinski definition) is 4. The minimum atomic E-state index is -1.05. The Bertz CT molecular complexity index is 360. The number of unbranched alkanes of at least 4 members (excludes halogenated alkanes) is 1. The van der Waals surface area contributed by atoms with Crippen LogP contribution in [0.15, 0.2) is 0 Å². The maximum Gasteiger partial charge on any atom is 0.315 e. The maximum atomic E-state index is 11.8. The third-order valence-electron chi connectivity index (χ3n) is 3.25. The number of hydrogen-bond donors (Lipinski definition) is 2. The lowest BCUT2D eigenvalue weighted by molar-refractivity contribution is -0.305. The molecule has 2 saturated heterocycles. The first-order valence-corrected chi connectivity index (χ1v) is 7.10. The summed E-state index contributed by atoms with van der Waals surface area (Å²) in [4.78, 5) is 21.4. The molecule has 2 heterocycles. The first-order chi connectivity index (χ1) is 8.08. The quantitative estimate of drug-likeness (QED) is 0.462. The number of carboxylic acids is 1. The number of urea groups is 1. The number of carbonyl (C=O) groups excluding carboxylic acids is 2. The molecule has 4 atom stereocenters. The number of aliphatic carboxylic acids is 1. The van der Waals surface area contributed by atoms with Crippen molar-refractivity contribution in [1.29, 1.82) is 0 Å². The van der Waals surface area contributed by atoms with E-state index >= 15 is 0 Å². The van der Waals surface area contributed by atoms with Crippen LogP contribution in [-0.4, -0.2) is 39.3 Å². The molecule has 0 bridgehead atoms. The van der Waals surface area contributed by atoms with Crippen LogP contribution in [0.5, 0.6) is 0 Å². The second-order valence-electron chi connectivity index (χ2n) is 4.45. The summed E-state index contributed by atoms with van der Waals surface area (Å²) in [6.07, 6.45) is 1.96. The van der Waals surface area contributed by atoms with Crippen LogP contribution in [0.3, 0.4) is 0 Å². The predicted molar refractivity (Wildman–Crippen MR) is 59.5 cm³/mol. The average Bonchev–Trinajstić information content (AvgIpc) is 2.69. The van der Waals surface area contributed by atoms with Gasteiger partial charge in [0.15, 0.2) is 0 Å². The molecule has 6 nitrogen and oxygen atoms in total. The van der Waals surface area contributed by atoms with E-state index in [4.69, 9.17) is 0 Å². The van der Waals surface area contributed by atoms with Gasteiger partial charge in [0.05, 0.1) is 17.3 Å². The molecule has 2 fully saturated rings. The van der Waals surface area contributed by atoms with E-state index in [1.807, 2.05) is 0 Å². The lowest BCUT2D eigenvalue weighted by Crippen LogP contribution is -2.38. The molecule has 2 aliphatic heterocycles. The summed E-state index contributed by atoms with van der Waals surface area (Å²) in [5.74, 6) is -0.555. The molecule has 2 rings (SSSR count). The highest BCUT2D eigenvalue weighted by Gasteiger charge is 2.46. The number of rotatable bonds is 5. The smallest absolute Gasteiger partial charge is 0.315 e. The third-order valence-corrected chi connectivity index (χ3v) is 5.14. The summed E-state index contributed by atoms with van der Waals surface area (Å²) in [5.41, 5.74) is 0. The van der Waals surface area contributed by atoms with Gasteiger partial charge in [-0.1, -0.05) is 6.42 Å². The van der Waals surface area contributed by atoms with Crippen LogP contribution < -0.4 is 15.7 Å². The summed E-state index contributed by atoms with van der Waals surface area (Å²) in [6, 6.07) is -0.294. The van der Waals surface area contributed by atoms with Gasteiger partial charge in [0.1, 0.15) is 0 Å². The van der Waals surface area contributed by atoms with Crippen molar-refractivity contribution in [2.24, 2.45) is 0 Å². The molecule has 0 aromatic heterocycles. The van der Waals surface area contributed by atoms with E-state index in [0.29, 0.717) is 25.0 Å². The lowest BCUT2D eigenvalue weighted by Gasteiger charge is -2.16. The fraction of sp³-hybridized carbons (Fsp3) is 0.800. The zero-order valence-electron chi connectivity index (χ0n) is 9.31. The van der Waals surface area contributed by atoms with Crippen LogP contribution in [0.4, 0.5) is 4.79 Å². The van der Waals surface area contributed by atoms with E-state index < -0.39 is 16.8 Å². The molecule has 0 aromatic carbocycles. The Morgan fingerprint density at radius 3 is 2.88 bits per heavy atom. The number of amides is 2. The van der Waals surface area contributed by atoms with Gasteiger partial charge in [-0.15, -0.1) is 0 Å². The van der Waals surface area contributed by atoms with E-state index in [9.17, 15) is 18.9 Å². The maximum absolute atomic E-state index is 11.8. The fourth-order valence-electron chi connectivity index (χ4n) is 2.44. The highest BCUT2D eigenvalue weighted by atomic mass is 32.2. The van der Waals surface area contributed by atoms with Crippen LogP contribution in [0, 0.1) is 0 Å². The van der Waals surface area contributed by atoms with Gasteiger partial charge in [0.25, 0.3) is 0 Å². The van der Waals surface area contributed by atoms with Gasteiger partial charge in [-0.3, -0.25) is 4.21 Å². The Morgan fingerprint density at radius 1 is 1.41 bits per heavy atom. The Labute approximate surface area is 102 Å². The van der Waals surface area contributed by atoms with Crippen LogP contribution in [0.2, 0.25) is 0 Å². The molecule has 0 saturated carbocycles. The molecule has 0 aliphatic carbocycles. The van der Waals surface area contributed by atoms with E-state index in [1.54, 1.807) is 0 Å². The molecule has 2 N–H and O–H groups in total. The van der Waals surface area contributed by atoms with Gasteiger partial charge in [-0.2, -0.15) is 0 Å². The van der Waals surface area contributed by atoms with Gasteiger partial charge in [0.2, 0.25) is 0 Å². The van der Waals surface area contributed by atoms with Crippen molar-refractivity contribution in [3.05, 3.63) is 0 Å². The third kappa shape index (κ3) is 2.77. The molecule has 17 heavy (non-hydrogen) atoms. The normalized spacial score (nSPS) is 35.2. The molecular weight excluding hydrogens is 244 g/mol. The topological polar surface area (TPSA) is 98.3 Å². The van der Waals surface area contributed by atoms with Crippen molar-refractivity contribution in [3.63, 3.8) is 0 Å². The first kappa shape index (κ1) is 12.3. The highest BCUT2D eigenvalue weighted by Crippen LogP contribution is 2.25. The minimum absolute atomic E-state index is 0.0329. The standard InChI is InChI=1S/C10H16N2O4S/c13-8(14)4-2-1-3-7-9-6(5-17(7)16)11-10(15)12-9/h6-7,9H,1-5H2,(H,13,14)(H2,11,12,15)/p-1/t6-,7-,9-,17?/m0/s1. The Hall–Kier alpha value is -1.11. The summed E-state index contributed by atoms with van der Waals surface area (Å²) >= 11 is 0. The zero-order valence-corrected chi connectivity index (χ0v) is 10.1. The van der Waals surface area contributed by atoms with E-state index in [0.717, 1.165) is 0 Å². The van der Waals surface area contributed by atoms with Gasteiger partial charge < -0.3 is 20.5 Å². The van der Waals surface area contributed by atoms with Crippen molar-refractivity contribution < 1.29 is 18.9 Å². The number of carbonyl (C=O) groups is 2. The van der Waals surface area contributed by atoms with Gasteiger partial charge >= 0.3 is 6.03 Å². The van der Waals surface area contributed by atoms with Crippen molar-refractivity contribution in [2.45, 2.75) is 43.0 Å². The van der Waals surface area contributed by atoms with E-state index in [1.165, 1.54) is 0 Å². The van der Waals surface area contributed by atoms with Crippen molar-refractivity contribution in [1.82, 2.24) is 10.6 Å². The summed E-state index contributed by atoms with van der Waals surface area (Å²) in [7, 11) is -0.939. The van der Waals surface area contributed by atoms with Gasteiger partial charge in [-0.05, 0) is 19.3 Å². The van der Waals surface area contributed by atoms with Crippen LogP contribution in [-0.2, 0) is 15.6 Å². The number of nitrogens with one attached hydrogen (secondary N) is 2. The SMILES string of the molecule is O=C([O-])CCCC[C@H]1[C@H]2NC(=O)N[C@H]2CS1=O. The second-order valence-corrected chi connectivity index (χ2v) is 6.15. The largest absolute Gasteiger partial charge is 0.550 e. The number of fused-ring (bicyclic) bond motifs is 1. The first-order valence-electron chi connectivity index (χ1n) is 5.72. The Morgan fingerprint density at radius 2 is 2.18 bits per heavy atom. The number of carboxylic acid groups (broad SMARTS) is 1. The van der Waals surface area contributed by atoms with Crippen LogP contribution in [0.25, 0.3) is 0 Å². The fourth-order valence-corrected chi connectivity index (χ4v) is 4.35. The molecule has 0 aromatic rings. The summed E-state index contributed by atoms with van der Waals surface area (Å²) in [5, 5.41) is 15.7. The summed E-state index contributed by atoms with van der Waals surface area (Å²) < 4.78 is 11.8. The highest BCUT2D eigenvalue weighted by molar-refractivity contribution is 7.86. The molecular formula is C10H15N2O4S-. The van der Waals surface area contributed by atoms with Crippen molar-refractivity contribution in [3.8, 4) is 0 Å². The Balaban J connectivity index is 1.81. The molecule has 96 valence electrons. The van der Waals surface area contributed by atoms with E-state index in [-0.39, 0.29) is 29.8 Å². The average molecular weight is 259 g/mol. The van der Waals surface area contributed by atoms with Gasteiger partial charge in [-0.25, -0.2) is 4.79 Å². The predicted octanol–water partition coefficient (Wildman–Crippen LogP) is -1.52. The molecule has 2 amide bonds. The molecule has 0 spiro atoms. The van der Waals surface area contributed by atoms with Crippen LogP contribution in [0.1, 0.15) is 25.7 Å². The Kier molecular flexibility index (Phi) is 3.66. The molecule has 2 aliphatic rings. The van der Waals surface area contributed by atoms with E-state index in [2.05, 4.69) is 10.6 Å². The van der Waals surface area contributed by atoms with Gasteiger partial charge in [0, 0.05) is 22.5 Å². The second kappa shape index (κ2) is 5.03. The monoisotopic (exact) mass is 259 g/mol.